The molecule has 164 valence electrons. The van der Waals surface area contributed by atoms with E-state index in [0.717, 1.165) is 22.5 Å². The second-order valence-electron chi connectivity index (χ2n) is 7.47. The summed E-state index contributed by atoms with van der Waals surface area (Å²) in [7, 11) is 3.21. The number of aromatic nitrogens is 3. The third-order valence-electron chi connectivity index (χ3n) is 4.64. The highest BCUT2D eigenvalue weighted by molar-refractivity contribution is 5.75. The van der Waals surface area contributed by atoms with Gasteiger partial charge in [0.25, 0.3) is 0 Å². The molecule has 0 radical (unpaired) electrons. The van der Waals surface area contributed by atoms with Crippen LogP contribution in [0.3, 0.4) is 0 Å². The highest BCUT2D eigenvalue weighted by Gasteiger charge is 2.09. The fourth-order valence-corrected chi connectivity index (χ4v) is 3.20. The number of ether oxygens (including phenoxy) is 2. The Bertz CT molecular complexity index is 1020. The first kappa shape index (κ1) is 22.1. The van der Waals surface area contributed by atoms with Gasteiger partial charge in [-0.15, -0.1) is 5.10 Å². The number of carbonyl (C=O) groups is 1. The van der Waals surface area contributed by atoms with E-state index < -0.39 is 0 Å². The standard InChI is InChI=1S/C23H29N5O3/c1-16(2)25-19-7-5-6-18(13-19)20-14-28(27-26-20)15-23(29)24-11-10-17-8-9-21(30-3)22(12-17)31-4/h5-9,12-14,16,25H,10-11,15H2,1-4H3,(H,24,29). The Morgan fingerprint density at radius 1 is 1.10 bits per heavy atom. The van der Waals surface area contributed by atoms with Crippen molar-refractivity contribution in [3.05, 3.63) is 54.2 Å². The van der Waals surface area contributed by atoms with Crippen LogP contribution >= 0.6 is 0 Å². The highest BCUT2D eigenvalue weighted by atomic mass is 16.5. The molecule has 1 aromatic heterocycles. The molecule has 2 N–H and O–H groups in total. The second-order valence-corrected chi connectivity index (χ2v) is 7.47. The predicted molar refractivity (Wildman–Crippen MR) is 120 cm³/mol. The van der Waals surface area contributed by atoms with Gasteiger partial charge in [0.05, 0.1) is 20.4 Å². The van der Waals surface area contributed by atoms with Crippen molar-refractivity contribution in [2.75, 3.05) is 26.1 Å². The van der Waals surface area contributed by atoms with Gasteiger partial charge in [0.2, 0.25) is 5.91 Å². The van der Waals surface area contributed by atoms with E-state index in [1.54, 1.807) is 25.1 Å². The first-order chi connectivity index (χ1) is 15.0. The van der Waals surface area contributed by atoms with Crippen molar-refractivity contribution in [1.29, 1.82) is 0 Å². The van der Waals surface area contributed by atoms with Crippen LogP contribution in [-0.4, -0.2) is 47.7 Å². The lowest BCUT2D eigenvalue weighted by Gasteiger charge is -2.10. The van der Waals surface area contributed by atoms with Gasteiger partial charge in [-0.05, 0) is 50.1 Å². The van der Waals surface area contributed by atoms with Gasteiger partial charge in [-0.1, -0.05) is 23.4 Å². The molecule has 0 atom stereocenters. The average molecular weight is 424 g/mol. The average Bonchev–Trinajstić information content (AvgIpc) is 3.21. The van der Waals surface area contributed by atoms with Crippen LogP contribution in [0.4, 0.5) is 5.69 Å². The summed E-state index contributed by atoms with van der Waals surface area (Å²) < 4.78 is 12.1. The molecule has 1 heterocycles. The number of hydrogen-bond acceptors (Lipinski definition) is 6. The topological polar surface area (TPSA) is 90.3 Å². The summed E-state index contributed by atoms with van der Waals surface area (Å²) in [6.07, 6.45) is 2.47. The zero-order valence-electron chi connectivity index (χ0n) is 18.4. The number of anilines is 1. The molecule has 1 amide bonds. The van der Waals surface area contributed by atoms with Crippen LogP contribution in [0, 0.1) is 0 Å². The maximum absolute atomic E-state index is 12.3. The summed E-state index contributed by atoms with van der Waals surface area (Å²) >= 11 is 0. The minimum atomic E-state index is -0.118. The molecule has 0 aliphatic carbocycles. The van der Waals surface area contributed by atoms with E-state index in [0.29, 0.717) is 30.5 Å². The third kappa shape index (κ3) is 6.21. The van der Waals surface area contributed by atoms with Crippen molar-refractivity contribution in [1.82, 2.24) is 20.3 Å². The zero-order chi connectivity index (χ0) is 22.2. The highest BCUT2D eigenvalue weighted by Crippen LogP contribution is 2.27. The Balaban J connectivity index is 1.52. The van der Waals surface area contributed by atoms with Gasteiger partial charge < -0.3 is 20.1 Å². The number of amides is 1. The summed E-state index contributed by atoms with van der Waals surface area (Å²) in [5.41, 5.74) is 3.75. The van der Waals surface area contributed by atoms with E-state index >= 15 is 0 Å². The van der Waals surface area contributed by atoms with Gasteiger partial charge in [-0.2, -0.15) is 0 Å². The molecule has 0 aliphatic heterocycles. The summed E-state index contributed by atoms with van der Waals surface area (Å²) in [5.74, 6) is 1.24. The van der Waals surface area contributed by atoms with Gasteiger partial charge in [0.15, 0.2) is 11.5 Å². The first-order valence-corrected chi connectivity index (χ1v) is 10.2. The molecular formula is C23H29N5O3. The molecule has 0 unspecified atom stereocenters. The van der Waals surface area contributed by atoms with Crippen molar-refractivity contribution >= 4 is 11.6 Å². The van der Waals surface area contributed by atoms with E-state index in [2.05, 4.69) is 34.8 Å². The van der Waals surface area contributed by atoms with Crippen molar-refractivity contribution in [3.63, 3.8) is 0 Å². The Kier molecular flexibility index (Phi) is 7.48. The predicted octanol–water partition coefficient (Wildman–Crippen LogP) is 3.14. The number of methoxy groups -OCH3 is 2. The second kappa shape index (κ2) is 10.5. The number of carbonyl (C=O) groups excluding carboxylic acids is 1. The molecule has 0 bridgehead atoms. The van der Waals surface area contributed by atoms with Crippen LogP contribution in [0.5, 0.6) is 11.5 Å². The molecular weight excluding hydrogens is 394 g/mol. The van der Waals surface area contributed by atoms with Crippen molar-refractivity contribution < 1.29 is 14.3 Å². The Labute approximate surface area is 182 Å². The van der Waals surface area contributed by atoms with Gasteiger partial charge in [-0.25, -0.2) is 4.68 Å². The number of rotatable bonds is 10. The van der Waals surface area contributed by atoms with Gasteiger partial charge in [-0.3, -0.25) is 4.79 Å². The summed E-state index contributed by atoms with van der Waals surface area (Å²) in [5, 5.41) is 14.6. The van der Waals surface area contributed by atoms with Crippen molar-refractivity contribution in [2.45, 2.75) is 32.9 Å². The molecule has 0 aliphatic rings. The molecule has 3 aromatic rings. The lowest BCUT2D eigenvalue weighted by Crippen LogP contribution is -2.29. The third-order valence-corrected chi connectivity index (χ3v) is 4.64. The van der Waals surface area contributed by atoms with Crippen LogP contribution in [0.25, 0.3) is 11.3 Å². The van der Waals surface area contributed by atoms with Gasteiger partial charge >= 0.3 is 0 Å². The number of benzene rings is 2. The first-order valence-electron chi connectivity index (χ1n) is 10.2. The molecule has 8 nitrogen and oxygen atoms in total. The van der Waals surface area contributed by atoms with Crippen LogP contribution in [0.1, 0.15) is 19.4 Å². The normalized spacial score (nSPS) is 10.7. The molecule has 0 spiro atoms. The maximum atomic E-state index is 12.3. The molecule has 3 rings (SSSR count). The lowest BCUT2D eigenvalue weighted by molar-refractivity contribution is -0.121. The van der Waals surface area contributed by atoms with Crippen molar-refractivity contribution in [2.24, 2.45) is 0 Å². The fourth-order valence-electron chi connectivity index (χ4n) is 3.20. The lowest BCUT2D eigenvalue weighted by atomic mass is 10.1. The maximum Gasteiger partial charge on any atom is 0.241 e. The van der Waals surface area contributed by atoms with E-state index in [-0.39, 0.29) is 12.5 Å². The molecule has 0 fully saturated rings. The summed E-state index contributed by atoms with van der Waals surface area (Å²) in [4.78, 5) is 12.3. The minimum Gasteiger partial charge on any atom is -0.493 e. The number of nitrogens with zero attached hydrogens (tertiary/aromatic N) is 3. The van der Waals surface area contributed by atoms with Crippen LogP contribution in [0.2, 0.25) is 0 Å². The van der Waals surface area contributed by atoms with E-state index in [9.17, 15) is 4.79 Å². The minimum absolute atomic E-state index is 0.114. The van der Waals surface area contributed by atoms with Gasteiger partial charge in [0, 0.05) is 23.8 Å². The Morgan fingerprint density at radius 2 is 1.90 bits per heavy atom. The molecule has 31 heavy (non-hydrogen) atoms. The largest absolute Gasteiger partial charge is 0.493 e. The molecule has 0 saturated heterocycles. The Morgan fingerprint density at radius 3 is 2.65 bits per heavy atom. The van der Waals surface area contributed by atoms with Crippen LogP contribution < -0.4 is 20.1 Å². The summed E-state index contributed by atoms with van der Waals surface area (Å²) in [6, 6.07) is 14.1. The van der Waals surface area contributed by atoms with Crippen molar-refractivity contribution in [3.8, 4) is 22.8 Å². The fraction of sp³-hybridized carbons (Fsp3) is 0.348. The molecule has 8 heteroatoms. The monoisotopic (exact) mass is 423 g/mol. The molecule has 0 saturated carbocycles. The van der Waals surface area contributed by atoms with E-state index in [1.807, 2.05) is 42.5 Å². The zero-order valence-corrected chi connectivity index (χ0v) is 18.4. The Hall–Kier alpha value is -3.55. The smallest absolute Gasteiger partial charge is 0.241 e. The summed E-state index contributed by atoms with van der Waals surface area (Å²) in [6.45, 7) is 4.81. The van der Waals surface area contributed by atoms with Gasteiger partial charge in [0.1, 0.15) is 12.2 Å². The van der Waals surface area contributed by atoms with E-state index in [4.69, 9.17) is 9.47 Å². The van der Waals surface area contributed by atoms with Crippen LogP contribution in [0.15, 0.2) is 48.7 Å². The van der Waals surface area contributed by atoms with E-state index in [1.165, 1.54) is 0 Å². The SMILES string of the molecule is COc1ccc(CCNC(=O)Cn2cc(-c3cccc(NC(C)C)c3)nn2)cc1OC. The quantitative estimate of drug-likeness (QED) is 0.521. The molecule has 2 aromatic carbocycles. The van der Waals surface area contributed by atoms with Crippen LogP contribution in [-0.2, 0) is 17.8 Å². The number of hydrogen-bond donors (Lipinski definition) is 2. The number of nitrogens with one attached hydrogen (secondary N) is 2.